The summed E-state index contributed by atoms with van der Waals surface area (Å²) in [7, 11) is 0. The maximum Gasteiger partial charge on any atom is 0.322 e. The summed E-state index contributed by atoms with van der Waals surface area (Å²) in [6, 6.07) is 8.17. The van der Waals surface area contributed by atoms with Gasteiger partial charge in [-0.15, -0.1) is 0 Å². The minimum atomic E-state index is -0.0306. The normalized spacial score (nSPS) is 26.1. The number of carbonyl (C=O) groups is 2. The summed E-state index contributed by atoms with van der Waals surface area (Å²) in [5.41, 5.74) is 2.26. The predicted molar refractivity (Wildman–Crippen MR) is 97.7 cm³/mol. The Balaban J connectivity index is 1.36. The molecule has 0 spiro atoms. The summed E-state index contributed by atoms with van der Waals surface area (Å²) < 4.78 is 0. The molecule has 0 aromatic heterocycles. The molecule has 1 aromatic rings. The molecule has 1 saturated heterocycles. The number of rotatable bonds is 2. The average Bonchev–Trinajstić information content (AvgIpc) is 3.35. The highest BCUT2D eigenvalue weighted by Gasteiger charge is 2.35. The number of hydrogen-bond acceptors (Lipinski definition) is 2. The molecule has 3 aliphatic rings. The van der Waals surface area contributed by atoms with Gasteiger partial charge in [-0.25, -0.2) is 4.79 Å². The van der Waals surface area contributed by atoms with Crippen molar-refractivity contribution in [3.63, 3.8) is 0 Å². The van der Waals surface area contributed by atoms with Gasteiger partial charge in [-0.05, 0) is 30.9 Å². The number of para-hydroxylation sites is 1. The summed E-state index contributed by atoms with van der Waals surface area (Å²) >= 11 is 0. The van der Waals surface area contributed by atoms with E-state index in [9.17, 15) is 9.59 Å². The SMILES string of the molecule is C[C@H]1CN(C(=O)N[C@@H]2CCN(C(=O)C3CCCC3)C2)c2ccccc21. The Kier molecular flexibility index (Phi) is 4.40. The van der Waals surface area contributed by atoms with Crippen LogP contribution in [-0.4, -0.2) is 42.5 Å². The number of nitrogens with zero attached hydrogens (tertiary/aromatic N) is 2. The van der Waals surface area contributed by atoms with Crippen LogP contribution in [0.1, 0.15) is 50.5 Å². The quantitative estimate of drug-likeness (QED) is 0.898. The number of fused-ring (bicyclic) bond motifs is 1. The molecule has 0 bridgehead atoms. The van der Waals surface area contributed by atoms with Crippen molar-refractivity contribution in [1.29, 1.82) is 0 Å². The molecule has 1 N–H and O–H groups in total. The number of carbonyl (C=O) groups excluding carboxylic acids is 2. The van der Waals surface area contributed by atoms with Gasteiger partial charge < -0.3 is 10.2 Å². The van der Waals surface area contributed by atoms with Crippen molar-refractivity contribution in [3.05, 3.63) is 29.8 Å². The molecule has 5 nitrogen and oxygen atoms in total. The zero-order valence-corrected chi connectivity index (χ0v) is 14.9. The first kappa shape index (κ1) is 16.4. The Bertz CT molecular complexity index is 669. The zero-order valence-electron chi connectivity index (χ0n) is 14.9. The Morgan fingerprint density at radius 3 is 2.64 bits per heavy atom. The lowest BCUT2D eigenvalue weighted by molar-refractivity contribution is -0.134. The summed E-state index contributed by atoms with van der Waals surface area (Å²) in [6.07, 6.45) is 5.28. The lowest BCUT2D eigenvalue weighted by atomic mass is 10.0. The Morgan fingerprint density at radius 1 is 1.08 bits per heavy atom. The van der Waals surface area contributed by atoms with Crippen LogP contribution in [0.25, 0.3) is 0 Å². The topological polar surface area (TPSA) is 52.7 Å². The second-order valence-electron chi connectivity index (χ2n) is 7.77. The highest BCUT2D eigenvalue weighted by molar-refractivity contribution is 5.95. The molecule has 2 atom stereocenters. The van der Waals surface area contributed by atoms with Crippen LogP contribution in [0.3, 0.4) is 0 Å². The first-order valence-electron chi connectivity index (χ1n) is 9.59. The van der Waals surface area contributed by atoms with Crippen LogP contribution in [0, 0.1) is 5.92 Å². The highest BCUT2D eigenvalue weighted by atomic mass is 16.2. The highest BCUT2D eigenvalue weighted by Crippen LogP contribution is 2.35. The third-order valence-electron chi connectivity index (χ3n) is 5.99. The summed E-state index contributed by atoms with van der Waals surface area (Å²) in [6.45, 7) is 4.31. The number of likely N-dealkylation sites (tertiary alicyclic amines) is 1. The first-order chi connectivity index (χ1) is 12.1. The molecular formula is C20H27N3O2. The van der Waals surface area contributed by atoms with E-state index in [1.165, 1.54) is 18.4 Å². The largest absolute Gasteiger partial charge is 0.340 e. The maximum atomic E-state index is 12.8. The van der Waals surface area contributed by atoms with E-state index in [0.717, 1.165) is 38.0 Å². The number of nitrogens with one attached hydrogen (secondary N) is 1. The minimum Gasteiger partial charge on any atom is -0.340 e. The lowest BCUT2D eigenvalue weighted by Crippen LogP contribution is -2.46. The Morgan fingerprint density at radius 2 is 1.84 bits per heavy atom. The van der Waals surface area contributed by atoms with Gasteiger partial charge in [-0.3, -0.25) is 9.69 Å². The van der Waals surface area contributed by atoms with Gasteiger partial charge in [0.25, 0.3) is 0 Å². The molecule has 0 radical (unpaired) electrons. The third-order valence-corrected chi connectivity index (χ3v) is 5.99. The van der Waals surface area contributed by atoms with Crippen LogP contribution in [0.2, 0.25) is 0 Å². The van der Waals surface area contributed by atoms with Crippen molar-refractivity contribution in [3.8, 4) is 0 Å². The van der Waals surface area contributed by atoms with E-state index in [1.807, 2.05) is 28.0 Å². The minimum absolute atomic E-state index is 0.0306. The second-order valence-corrected chi connectivity index (χ2v) is 7.77. The fourth-order valence-electron chi connectivity index (χ4n) is 4.57. The van der Waals surface area contributed by atoms with Crippen LogP contribution in [-0.2, 0) is 4.79 Å². The molecular weight excluding hydrogens is 314 g/mol. The third kappa shape index (κ3) is 3.12. The van der Waals surface area contributed by atoms with Crippen LogP contribution >= 0.6 is 0 Å². The molecule has 1 saturated carbocycles. The molecule has 2 fully saturated rings. The molecule has 3 amide bonds. The van der Waals surface area contributed by atoms with Gasteiger partial charge in [0.15, 0.2) is 0 Å². The fourth-order valence-corrected chi connectivity index (χ4v) is 4.57. The number of amides is 3. The van der Waals surface area contributed by atoms with E-state index in [1.54, 1.807) is 0 Å². The van der Waals surface area contributed by atoms with Crippen molar-refractivity contribution in [2.75, 3.05) is 24.5 Å². The van der Waals surface area contributed by atoms with E-state index < -0.39 is 0 Å². The van der Waals surface area contributed by atoms with Crippen molar-refractivity contribution in [2.24, 2.45) is 5.92 Å². The van der Waals surface area contributed by atoms with E-state index in [4.69, 9.17) is 0 Å². The predicted octanol–water partition coefficient (Wildman–Crippen LogP) is 3.11. The first-order valence-corrected chi connectivity index (χ1v) is 9.59. The van der Waals surface area contributed by atoms with Crippen molar-refractivity contribution < 1.29 is 9.59 Å². The zero-order chi connectivity index (χ0) is 17.4. The molecule has 4 rings (SSSR count). The van der Waals surface area contributed by atoms with Gasteiger partial charge in [0, 0.05) is 43.2 Å². The molecule has 25 heavy (non-hydrogen) atoms. The Labute approximate surface area is 149 Å². The monoisotopic (exact) mass is 341 g/mol. The summed E-state index contributed by atoms with van der Waals surface area (Å²) in [5, 5.41) is 3.15. The van der Waals surface area contributed by atoms with Crippen molar-refractivity contribution in [2.45, 2.75) is 51.0 Å². The number of anilines is 1. The van der Waals surface area contributed by atoms with Gasteiger partial charge in [0.05, 0.1) is 0 Å². The number of urea groups is 1. The van der Waals surface area contributed by atoms with Crippen LogP contribution < -0.4 is 10.2 Å². The average molecular weight is 341 g/mol. The lowest BCUT2D eigenvalue weighted by Gasteiger charge is -2.23. The molecule has 0 unspecified atom stereocenters. The van der Waals surface area contributed by atoms with E-state index in [-0.39, 0.29) is 18.0 Å². The maximum absolute atomic E-state index is 12.8. The van der Waals surface area contributed by atoms with E-state index >= 15 is 0 Å². The standard InChI is InChI=1S/C20H27N3O2/c1-14-12-23(18-9-5-4-8-17(14)18)20(25)21-16-10-11-22(13-16)19(24)15-6-2-3-7-15/h4-5,8-9,14-16H,2-3,6-7,10-13H2,1H3,(H,21,25)/t14-,16+/m0/s1. The summed E-state index contributed by atoms with van der Waals surface area (Å²) in [4.78, 5) is 29.1. The van der Waals surface area contributed by atoms with Crippen LogP contribution in [0.15, 0.2) is 24.3 Å². The number of benzene rings is 1. The second kappa shape index (κ2) is 6.70. The fraction of sp³-hybridized carbons (Fsp3) is 0.600. The molecule has 1 aliphatic carbocycles. The number of hydrogen-bond donors (Lipinski definition) is 1. The van der Waals surface area contributed by atoms with Gasteiger partial charge >= 0.3 is 6.03 Å². The van der Waals surface area contributed by atoms with Crippen molar-refractivity contribution in [1.82, 2.24) is 10.2 Å². The molecule has 1 aromatic carbocycles. The summed E-state index contributed by atoms with van der Waals surface area (Å²) in [5.74, 6) is 0.890. The van der Waals surface area contributed by atoms with E-state index in [0.29, 0.717) is 18.4 Å². The molecule has 2 heterocycles. The van der Waals surface area contributed by atoms with Gasteiger partial charge in [0.2, 0.25) is 5.91 Å². The van der Waals surface area contributed by atoms with Gasteiger partial charge in [-0.2, -0.15) is 0 Å². The van der Waals surface area contributed by atoms with Crippen LogP contribution in [0.4, 0.5) is 10.5 Å². The smallest absolute Gasteiger partial charge is 0.322 e. The molecule has 5 heteroatoms. The van der Waals surface area contributed by atoms with Gasteiger partial charge in [-0.1, -0.05) is 38.0 Å². The van der Waals surface area contributed by atoms with Crippen molar-refractivity contribution >= 4 is 17.6 Å². The van der Waals surface area contributed by atoms with Crippen LogP contribution in [0.5, 0.6) is 0 Å². The molecule has 134 valence electrons. The Hall–Kier alpha value is -2.04. The van der Waals surface area contributed by atoms with E-state index in [2.05, 4.69) is 18.3 Å². The van der Waals surface area contributed by atoms with Gasteiger partial charge in [0.1, 0.15) is 0 Å². The molecule has 2 aliphatic heterocycles.